The number of hydrogen-bond acceptors (Lipinski definition) is 3. The van der Waals surface area contributed by atoms with E-state index >= 15 is 0 Å². The lowest BCUT2D eigenvalue weighted by Crippen LogP contribution is -2.44. The van der Waals surface area contributed by atoms with E-state index in [0.717, 1.165) is 11.8 Å². The second-order valence-corrected chi connectivity index (χ2v) is 7.62. The maximum absolute atomic E-state index is 14.1. The van der Waals surface area contributed by atoms with E-state index in [1.807, 2.05) is 29.9 Å². The molecule has 124 valence electrons. The van der Waals surface area contributed by atoms with E-state index in [2.05, 4.69) is 0 Å². The van der Waals surface area contributed by atoms with Crippen LogP contribution in [0.3, 0.4) is 0 Å². The zero-order valence-electron chi connectivity index (χ0n) is 12.4. The summed E-state index contributed by atoms with van der Waals surface area (Å²) in [6.45, 7) is 0.669. The summed E-state index contributed by atoms with van der Waals surface area (Å²) < 4.78 is 48.5. The maximum atomic E-state index is 14.1. The van der Waals surface area contributed by atoms with Crippen molar-refractivity contribution in [1.29, 1.82) is 0 Å². The molecule has 2 aromatic rings. The van der Waals surface area contributed by atoms with Gasteiger partial charge in [0.25, 0.3) is 0 Å². The van der Waals surface area contributed by atoms with E-state index in [4.69, 9.17) is 16.3 Å². The molecular weight excluding hydrogens is 343 g/mol. The molecule has 1 atom stereocenters. The zero-order chi connectivity index (χ0) is 16.6. The van der Waals surface area contributed by atoms with E-state index in [-0.39, 0.29) is 29.7 Å². The van der Waals surface area contributed by atoms with Gasteiger partial charge in [0.05, 0.1) is 19.3 Å². The monoisotopic (exact) mass is 358 g/mol. The largest absolute Gasteiger partial charge is 0.378 e. The Balaban J connectivity index is 2.04. The van der Waals surface area contributed by atoms with Crippen LogP contribution in [-0.2, 0) is 21.8 Å². The Morgan fingerprint density at radius 2 is 2.13 bits per heavy atom. The fourth-order valence-electron chi connectivity index (χ4n) is 2.74. The molecule has 0 radical (unpaired) electrons. The second kappa shape index (κ2) is 6.24. The highest BCUT2D eigenvalue weighted by atomic mass is 35.5. The first-order chi connectivity index (χ1) is 10.9. The van der Waals surface area contributed by atoms with Crippen LogP contribution in [0.4, 0.5) is 4.39 Å². The number of nitrogens with zero attached hydrogens (tertiary/aromatic N) is 2. The van der Waals surface area contributed by atoms with Crippen LogP contribution in [0.2, 0.25) is 5.02 Å². The molecule has 1 aliphatic heterocycles. The lowest BCUT2D eigenvalue weighted by Gasteiger charge is -2.34. The first-order valence-electron chi connectivity index (χ1n) is 7.07. The lowest BCUT2D eigenvalue weighted by molar-refractivity contribution is 0.0295. The second-order valence-electron chi connectivity index (χ2n) is 5.33. The van der Waals surface area contributed by atoms with Crippen molar-refractivity contribution < 1.29 is 17.5 Å². The van der Waals surface area contributed by atoms with Crippen LogP contribution in [0.25, 0.3) is 0 Å². The highest BCUT2D eigenvalue weighted by Crippen LogP contribution is 2.31. The third-order valence-corrected chi connectivity index (χ3v) is 6.06. The van der Waals surface area contributed by atoms with E-state index < -0.39 is 21.9 Å². The van der Waals surface area contributed by atoms with E-state index in [1.165, 1.54) is 16.4 Å². The minimum Gasteiger partial charge on any atom is -0.378 e. The summed E-state index contributed by atoms with van der Waals surface area (Å²) in [6.07, 6.45) is 1.83. The van der Waals surface area contributed by atoms with Crippen molar-refractivity contribution in [2.75, 3.05) is 19.8 Å². The third kappa shape index (κ3) is 3.01. The van der Waals surface area contributed by atoms with Crippen LogP contribution in [0.1, 0.15) is 11.7 Å². The first-order valence-corrected chi connectivity index (χ1v) is 8.89. The summed E-state index contributed by atoms with van der Waals surface area (Å²) in [4.78, 5) is -0.372. The van der Waals surface area contributed by atoms with Crippen LogP contribution in [0, 0.1) is 5.82 Å². The number of morpholine rings is 1. The standard InChI is InChI=1S/C15H16ClFN2O3S/c1-18-6-2-3-13(18)14-10-22-8-7-19(14)23(20,21)15-5-4-11(16)9-12(15)17/h2-6,9,14H,7-8,10H2,1H3. The van der Waals surface area contributed by atoms with Crippen molar-refractivity contribution in [3.8, 4) is 0 Å². The van der Waals surface area contributed by atoms with Crippen molar-refractivity contribution in [2.45, 2.75) is 10.9 Å². The minimum absolute atomic E-state index is 0.155. The molecule has 1 aliphatic rings. The fourth-order valence-corrected chi connectivity index (χ4v) is 4.52. The number of ether oxygens (including phenoxy) is 1. The SMILES string of the molecule is Cn1cccc1C1COCCN1S(=O)(=O)c1ccc(Cl)cc1F. The zero-order valence-corrected chi connectivity index (χ0v) is 14.0. The Hall–Kier alpha value is -1.41. The number of aromatic nitrogens is 1. The average molecular weight is 359 g/mol. The number of benzene rings is 1. The molecule has 0 amide bonds. The van der Waals surface area contributed by atoms with Crippen molar-refractivity contribution in [2.24, 2.45) is 7.05 Å². The molecular formula is C15H16ClFN2O3S. The molecule has 1 saturated heterocycles. The van der Waals surface area contributed by atoms with Gasteiger partial charge in [0.15, 0.2) is 0 Å². The summed E-state index contributed by atoms with van der Waals surface area (Å²) in [5.74, 6) is -0.852. The quantitative estimate of drug-likeness (QED) is 0.847. The number of hydrogen-bond donors (Lipinski definition) is 0. The smallest absolute Gasteiger partial charge is 0.246 e. The van der Waals surface area contributed by atoms with Crippen LogP contribution in [0.15, 0.2) is 41.4 Å². The number of sulfonamides is 1. The predicted octanol–water partition coefficient (Wildman–Crippen LogP) is 2.58. The molecule has 23 heavy (non-hydrogen) atoms. The summed E-state index contributed by atoms with van der Waals surface area (Å²) >= 11 is 5.71. The van der Waals surface area contributed by atoms with Crippen molar-refractivity contribution in [3.63, 3.8) is 0 Å². The molecule has 0 bridgehead atoms. The molecule has 5 nitrogen and oxygen atoms in total. The highest BCUT2D eigenvalue weighted by Gasteiger charge is 2.37. The Labute approximate surface area is 139 Å². The van der Waals surface area contributed by atoms with Gasteiger partial charge in [-0.15, -0.1) is 0 Å². The summed E-state index contributed by atoms with van der Waals surface area (Å²) in [7, 11) is -2.16. The van der Waals surface area contributed by atoms with Crippen molar-refractivity contribution in [3.05, 3.63) is 53.1 Å². The number of aryl methyl sites for hydroxylation is 1. The number of halogens is 2. The van der Waals surface area contributed by atoms with E-state index in [9.17, 15) is 12.8 Å². The van der Waals surface area contributed by atoms with Crippen LogP contribution >= 0.6 is 11.6 Å². The van der Waals surface area contributed by atoms with Gasteiger partial charge in [-0.2, -0.15) is 4.31 Å². The highest BCUT2D eigenvalue weighted by molar-refractivity contribution is 7.89. The van der Waals surface area contributed by atoms with Gasteiger partial charge in [-0.1, -0.05) is 11.6 Å². The minimum atomic E-state index is -4.00. The Kier molecular flexibility index (Phi) is 4.46. The van der Waals surface area contributed by atoms with Crippen molar-refractivity contribution >= 4 is 21.6 Å². The molecule has 0 spiro atoms. The molecule has 0 saturated carbocycles. The predicted molar refractivity (Wildman–Crippen MR) is 84.3 cm³/mol. The van der Waals surface area contributed by atoms with Gasteiger partial charge in [0.2, 0.25) is 10.0 Å². The van der Waals surface area contributed by atoms with Crippen LogP contribution in [-0.4, -0.2) is 37.0 Å². The van der Waals surface area contributed by atoms with Gasteiger partial charge in [-0.25, -0.2) is 12.8 Å². The van der Waals surface area contributed by atoms with Gasteiger partial charge in [0.1, 0.15) is 10.7 Å². The van der Waals surface area contributed by atoms with Crippen LogP contribution in [0.5, 0.6) is 0 Å². The summed E-state index contributed by atoms with van der Waals surface area (Å²) in [5.41, 5.74) is 0.794. The molecule has 1 unspecified atom stereocenters. The molecule has 8 heteroatoms. The Morgan fingerprint density at radius 1 is 1.35 bits per heavy atom. The van der Waals surface area contributed by atoms with E-state index in [1.54, 1.807) is 0 Å². The summed E-state index contributed by atoms with van der Waals surface area (Å²) in [6, 6.07) is 6.74. The third-order valence-electron chi connectivity index (χ3n) is 3.89. The molecule has 0 aliphatic carbocycles. The Morgan fingerprint density at radius 3 is 2.78 bits per heavy atom. The molecule has 2 heterocycles. The van der Waals surface area contributed by atoms with Crippen molar-refractivity contribution in [1.82, 2.24) is 8.87 Å². The number of rotatable bonds is 3. The summed E-state index contributed by atoms with van der Waals surface area (Å²) in [5, 5.41) is 0.155. The molecule has 1 aromatic heterocycles. The van der Waals surface area contributed by atoms with Crippen LogP contribution < -0.4 is 0 Å². The molecule has 3 rings (SSSR count). The topological polar surface area (TPSA) is 51.5 Å². The average Bonchev–Trinajstić information content (AvgIpc) is 2.93. The van der Waals surface area contributed by atoms with Gasteiger partial charge in [-0.3, -0.25) is 0 Å². The lowest BCUT2D eigenvalue weighted by atomic mass is 10.2. The first kappa shape index (κ1) is 16.4. The van der Waals surface area contributed by atoms with Gasteiger partial charge in [0, 0.05) is 30.5 Å². The van der Waals surface area contributed by atoms with E-state index in [0.29, 0.717) is 0 Å². The normalized spacial score (nSPS) is 19.9. The Bertz CT molecular complexity index is 822. The van der Waals surface area contributed by atoms with Gasteiger partial charge in [-0.05, 0) is 30.3 Å². The van der Waals surface area contributed by atoms with Gasteiger partial charge < -0.3 is 9.30 Å². The maximum Gasteiger partial charge on any atom is 0.246 e. The molecule has 1 fully saturated rings. The van der Waals surface area contributed by atoms with Gasteiger partial charge >= 0.3 is 0 Å². The molecule has 1 aromatic carbocycles. The molecule has 0 N–H and O–H groups in total. The fraction of sp³-hybridized carbons (Fsp3) is 0.333.